The Labute approximate surface area is 158 Å². The molecule has 0 radical (unpaired) electrons. The first kappa shape index (κ1) is 16.7. The molecule has 132 valence electrons. The van der Waals surface area contributed by atoms with Gasteiger partial charge in [0.1, 0.15) is 5.82 Å². The van der Waals surface area contributed by atoms with Crippen LogP contribution < -0.4 is 4.90 Å². The van der Waals surface area contributed by atoms with Gasteiger partial charge in [-0.25, -0.2) is 4.98 Å². The van der Waals surface area contributed by atoms with E-state index in [0.29, 0.717) is 24.5 Å². The van der Waals surface area contributed by atoms with Gasteiger partial charge in [-0.1, -0.05) is 5.16 Å². The summed E-state index contributed by atoms with van der Waals surface area (Å²) >= 11 is 3.39. The lowest BCUT2D eigenvalue weighted by Crippen LogP contribution is -2.49. The predicted molar refractivity (Wildman–Crippen MR) is 99.8 cm³/mol. The molecule has 3 aromatic rings. The number of carbonyl (C=O) groups excluding carboxylic acids is 1. The molecule has 0 saturated carbocycles. The fourth-order valence-electron chi connectivity index (χ4n) is 2.88. The molecule has 7 nitrogen and oxygen atoms in total. The molecule has 4 rings (SSSR count). The maximum absolute atomic E-state index is 12.7. The van der Waals surface area contributed by atoms with Crippen molar-refractivity contribution in [3.05, 3.63) is 59.1 Å². The molecule has 0 aliphatic carbocycles. The van der Waals surface area contributed by atoms with Gasteiger partial charge in [-0.3, -0.25) is 9.78 Å². The van der Waals surface area contributed by atoms with Crippen LogP contribution in [0.2, 0.25) is 0 Å². The van der Waals surface area contributed by atoms with Crippen LogP contribution in [0.4, 0.5) is 5.82 Å². The van der Waals surface area contributed by atoms with Gasteiger partial charge in [0, 0.05) is 60.9 Å². The molecule has 0 spiro atoms. The van der Waals surface area contributed by atoms with E-state index in [9.17, 15) is 4.79 Å². The summed E-state index contributed by atoms with van der Waals surface area (Å²) in [5.41, 5.74) is 1.17. The summed E-state index contributed by atoms with van der Waals surface area (Å²) in [6.45, 7) is 2.70. The molecule has 0 aromatic carbocycles. The normalized spacial score (nSPS) is 14.5. The summed E-state index contributed by atoms with van der Waals surface area (Å²) in [5.74, 6) is 1.37. The van der Waals surface area contributed by atoms with Crippen molar-refractivity contribution in [2.24, 2.45) is 0 Å². The summed E-state index contributed by atoms with van der Waals surface area (Å²) in [6, 6.07) is 9.26. The summed E-state index contributed by atoms with van der Waals surface area (Å²) in [6.07, 6.45) is 5.13. The van der Waals surface area contributed by atoms with Crippen LogP contribution in [0.1, 0.15) is 10.5 Å². The molecule has 0 atom stereocenters. The van der Waals surface area contributed by atoms with Gasteiger partial charge < -0.3 is 14.3 Å². The van der Waals surface area contributed by atoms with E-state index in [2.05, 4.69) is 36.0 Å². The maximum atomic E-state index is 12.7. The van der Waals surface area contributed by atoms with E-state index in [4.69, 9.17) is 4.52 Å². The Morgan fingerprint density at radius 1 is 1.08 bits per heavy atom. The molecule has 0 bridgehead atoms. The second-order valence-corrected chi connectivity index (χ2v) is 6.84. The van der Waals surface area contributed by atoms with Crippen LogP contribution in [0, 0.1) is 0 Å². The number of pyridine rings is 2. The standard InChI is InChI=1S/C18H16BrN5O2/c19-14-1-2-17(21-12-14)23-7-9-24(10-8-23)18(25)15-11-16(26-22-15)13-3-5-20-6-4-13/h1-6,11-12H,7-10H2. The molecule has 1 amide bonds. The van der Waals surface area contributed by atoms with Crippen molar-refractivity contribution in [3.8, 4) is 11.3 Å². The number of amides is 1. The number of piperazine rings is 1. The van der Waals surface area contributed by atoms with Gasteiger partial charge in [0.15, 0.2) is 11.5 Å². The van der Waals surface area contributed by atoms with Crippen LogP contribution in [0.5, 0.6) is 0 Å². The van der Waals surface area contributed by atoms with Crippen LogP contribution in [0.3, 0.4) is 0 Å². The number of carbonyl (C=O) groups is 1. The quantitative estimate of drug-likeness (QED) is 0.656. The minimum Gasteiger partial charge on any atom is -0.355 e. The summed E-state index contributed by atoms with van der Waals surface area (Å²) < 4.78 is 6.26. The van der Waals surface area contributed by atoms with E-state index in [1.165, 1.54) is 0 Å². The van der Waals surface area contributed by atoms with E-state index in [1.54, 1.807) is 29.6 Å². The van der Waals surface area contributed by atoms with Crippen LogP contribution in [0.25, 0.3) is 11.3 Å². The molecule has 1 aliphatic rings. The number of rotatable bonds is 3. The molecule has 0 N–H and O–H groups in total. The predicted octanol–water partition coefficient (Wildman–Crippen LogP) is 2.86. The maximum Gasteiger partial charge on any atom is 0.276 e. The zero-order chi connectivity index (χ0) is 17.9. The van der Waals surface area contributed by atoms with Crippen molar-refractivity contribution >= 4 is 27.7 Å². The molecule has 1 aliphatic heterocycles. The van der Waals surface area contributed by atoms with Gasteiger partial charge in [0.2, 0.25) is 0 Å². The number of hydrogen-bond donors (Lipinski definition) is 0. The van der Waals surface area contributed by atoms with E-state index < -0.39 is 0 Å². The average molecular weight is 414 g/mol. The highest BCUT2D eigenvalue weighted by atomic mass is 79.9. The molecule has 8 heteroatoms. The molecule has 4 heterocycles. The lowest BCUT2D eigenvalue weighted by Gasteiger charge is -2.35. The van der Waals surface area contributed by atoms with Crippen molar-refractivity contribution in [2.45, 2.75) is 0 Å². The largest absolute Gasteiger partial charge is 0.355 e. The monoisotopic (exact) mass is 413 g/mol. The molecule has 0 unspecified atom stereocenters. The average Bonchev–Trinajstić information content (AvgIpc) is 3.19. The molecule has 1 fully saturated rings. The van der Waals surface area contributed by atoms with Crippen molar-refractivity contribution < 1.29 is 9.32 Å². The Kier molecular flexibility index (Phi) is 4.66. The van der Waals surface area contributed by atoms with Gasteiger partial charge in [-0.05, 0) is 40.2 Å². The third kappa shape index (κ3) is 3.45. The number of hydrogen-bond acceptors (Lipinski definition) is 6. The second-order valence-electron chi connectivity index (χ2n) is 5.93. The van der Waals surface area contributed by atoms with Crippen molar-refractivity contribution in [1.29, 1.82) is 0 Å². The second kappa shape index (κ2) is 7.25. The SMILES string of the molecule is O=C(c1cc(-c2ccncc2)on1)N1CCN(c2ccc(Br)cn2)CC1. The molecule has 1 saturated heterocycles. The van der Waals surface area contributed by atoms with Crippen LogP contribution >= 0.6 is 15.9 Å². The van der Waals surface area contributed by atoms with Crippen LogP contribution in [-0.2, 0) is 0 Å². The summed E-state index contributed by atoms with van der Waals surface area (Å²) in [5, 5.41) is 3.94. The lowest BCUT2D eigenvalue weighted by atomic mass is 10.2. The first-order chi connectivity index (χ1) is 12.7. The number of halogens is 1. The van der Waals surface area contributed by atoms with Gasteiger partial charge in [0.25, 0.3) is 5.91 Å². The van der Waals surface area contributed by atoms with Gasteiger partial charge in [-0.2, -0.15) is 0 Å². The van der Waals surface area contributed by atoms with Crippen molar-refractivity contribution in [3.63, 3.8) is 0 Å². The highest BCUT2D eigenvalue weighted by molar-refractivity contribution is 9.10. The van der Waals surface area contributed by atoms with Gasteiger partial charge in [0.05, 0.1) is 0 Å². The van der Waals surface area contributed by atoms with Crippen molar-refractivity contribution in [2.75, 3.05) is 31.1 Å². The van der Waals surface area contributed by atoms with E-state index in [-0.39, 0.29) is 5.91 Å². The van der Waals surface area contributed by atoms with Crippen LogP contribution in [-0.4, -0.2) is 52.1 Å². The number of nitrogens with zero attached hydrogens (tertiary/aromatic N) is 5. The zero-order valence-electron chi connectivity index (χ0n) is 13.9. The zero-order valence-corrected chi connectivity index (χ0v) is 15.5. The third-order valence-corrected chi connectivity index (χ3v) is 4.77. The van der Waals surface area contributed by atoms with Gasteiger partial charge >= 0.3 is 0 Å². The van der Waals surface area contributed by atoms with E-state index in [0.717, 1.165) is 28.9 Å². The van der Waals surface area contributed by atoms with Crippen LogP contribution in [0.15, 0.2) is 57.9 Å². The highest BCUT2D eigenvalue weighted by Crippen LogP contribution is 2.21. The fourth-order valence-corrected chi connectivity index (χ4v) is 3.12. The van der Waals surface area contributed by atoms with E-state index >= 15 is 0 Å². The third-order valence-electron chi connectivity index (χ3n) is 4.30. The minimum atomic E-state index is -0.113. The minimum absolute atomic E-state index is 0.113. The van der Waals surface area contributed by atoms with Crippen molar-refractivity contribution in [1.82, 2.24) is 20.0 Å². The number of aromatic nitrogens is 3. The van der Waals surface area contributed by atoms with E-state index in [1.807, 2.05) is 24.3 Å². The highest BCUT2D eigenvalue weighted by Gasteiger charge is 2.25. The lowest BCUT2D eigenvalue weighted by molar-refractivity contribution is 0.0736. The Morgan fingerprint density at radius 2 is 1.85 bits per heavy atom. The Hall–Kier alpha value is -2.74. The first-order valence-electron chi connectivity index (χ1n) is 8.23. The number of anilines is 1. The first-order valence-corrected chi connectivity index (χ1v) is 9.03. The Morgan fingerprint density at radius 3 is 2.54 bits per heavy atom. The topological polar surface area (TPSA) is 75.4 Å². The summed E-state index contributed by atoms with van der Waals surface area (Å²) in [4.78, 5) is 25.0. The molecule has 3 aromatic heterocycles. The molecule has 26 heavy (non-hydrogen) atoms. The molecular formula is C18H16BrN5O2. The Bertz CT molecular complexity index is 889. The summed E-state index contributed by atoms with van der Waals surface area (Å²) in [7, 11) is 0. The smallest absolute Gasteiger partial charge is 0.276 e. The fraction of sp³-hybridized carbons (Fsp3) is 0.222. The molecular weight excluding hydrogens is 398 g/mol. The van der Waals surface area contributed by atoms with Gasteiger partial charge in [-0.15, -0.1) is 0 Å². The Balaban J connectivity index is 1.41.